The lowest BCUT2D eigenvalue weighted by Crippen LogP contribution is -2.15. The summed E-state index contributed by atoms with van der Waals surface area (Å²) in [5.41, 5.74) is 0.959. The number of nitrogens with one attached hydrogen (secondary N) is 1. The highest BCUT2D eigenvalue weighted by molar-refractivity contribution is 7.99. The number of thioether (sulfide) groups is 1. The molecule has 1 aliphatic carbocycles. The van der Waals surface area contributed by atoms with Crippen molar-refractivity contribution in [2.75, 3.05) is 11.1 Å². The maximum absolute atomic E-state index is 12.3. The van der Waals surface area contributed by atoms with Crippen molar-refractivity contribution in [3.05, 3.63) is 29.5 Å². The van der Waals surface area contributed by atoms with Crippen LogP contribution in [0.25, 0.3) is 11.4 Å². The first kappa shape index (κ1) is 19.0. The number of nitrogens with zero attached hydrogens (tertiary/aromatic N) is 6. The Kier molecular flexibility index (Phi) is 5.67. The number of carbonyl (C=O) groups is 1. The van der Waals surface area contributed by atoms with Crippen LogP contribution in [0.2, 0.25) is 0 Å². The lowest BCUT2D eigenvalue weighted by atomic mass is 10.2. The molecule has 28 heavy (non-hydrogen) atoms. The van der Waals surface area contributed by atoms with Crippen molar-refractivity contribution < 1.29 is 4.79 Å². The molecule has 1 amide bonds. The Balaban J connectivity index is 1.43. The predicted octanol–water partition coefficient (Wildman–Crippen LogP) is 3.46. The van der Waals surface area contributed by atoms with Crippen molar-refractivity contribution in [1.82, 2.24) is 29.9 Å². The van der Waals surface area contributed by atoms with Crippen LogP contribution in [-0.4, -0.2) is 41.6 Å². The second-order valence-electron chi connectivity index (χ2n) is 7.10. The molecule has 3 heterocycles. The van der Waals surface area contributed by atoms with Crippen LogP contribution in [0, 0.1) is 5.92 Å². The molecule has 0 aromatic carbocycles. The van der Waals surface area contributed by atoms with Gasteiger partial charge in [0.2, 0.25) is 11.0 Å². The Morgan fingerprint density at radius 1 is 1.25 bits per heavy atom. The molecule has 146 valence electrons. The summed E-state index contributed by atoms with van der Waals surface area (Å²) in [6.07, 6.45) is 5.82. The number of hydrogen-bond donors (Lipinski definition) is 1. The quantitative estimate of drug-likeness (QED) is 0.563. The van der Waals surface area contributed by atoms with Gasteiger partial charge in [-0.3, -0.25) is 15.1 Å². The van der Waals surface area contributed by atoms with Crippen LogP contribution in [0.5, 0.6) is 0 Å². The van der Waals surface area contributed by atoms with E-state index in [9.17, 15) is 4.79 Å². The minimum Gasteiger partial charge on any atom is -0.302 e. The van der Waals surface area contributed by atoms with Crippen molar-refractivity contribution in [3.8, 4) is 11.4 Å². The van der Waals surface area contributed by atoms with Gasteiger partial charge in [0, 0.05) is 30.4 Å². The first-order valence-electron chi connectivity index (χ1n) is 9.20. The Hall–Kier alpha value is -2.33. The van der Waals surface area contributed by atoms with E-state index in [4.69, 9.17) is 0 Å². The summed E-state index contributed by atoms with van der Waals surface area (Å²) in [5.74, 6) is 1.88. The molecule has 0 saturated heterocycles. The average molecular weight is 416 g/mol. The van der Waals surface area contributed by atoms with E-state index >= 15 is 0 Å². The van der Waals surface area contributed by atoms with E-state index in [1.54, 1.807) is 12.4 Å². The SMILES string of the molecule is CC(C)Cn1c(SCC(=O)Nc2nnc(C3CC3)s2)nnc1-c1ccncc1. The first-order chi connectivity index (χ1) is 13.6. The molecule has 0 aliphatic heterocycles. The second-order valence-corrected chi connectivity index (χ2v) is 9.05. The number of rotatable bonds is 8. The van der Waals surface area contributed by atoms with Gasteiger partial charge >= 0.3 is 0 Å². The Morgan fingerprint density at radius 3 is 2.75 bits per heavy atom. The van der Waals surface area contributed by atoms with Gasteiger partial charge in [-0.1, -0.05) is 36.9 Å². The summed E-state index contributed by atoms with van der Waals surface area (Å²) in [6.45, 7) is 5.06. The van der Waals surface area contributed by atoms with E-state index in [1.807, 2.05) is 12.1 Å². The van der Waals surface area contributed by atoms with E-state index < -0.39 is 0 Å². The average Bonchev–Trinajstić information content (AvgIpc) is 3.31. The normalized spacial score (nSPS) is 13.8. The third kappa shape index (κ3) is 4.56. The minimum atomic E-state index is -0.118. The molecule has 1 N–H and O–H groups in total. The molecule has 1 saturated carbocycles. The molecule has 10 heteroatoms. The third-order valence-corrected chi connectivity index (χ3v) is 6.12. The summed E-state index contributed by atoms with van der Waals surface area (Å²) >= 11 is 2.84. The minimum absolute atomic E-state index is 0.118. The molecule has 1 aliphatic rings. The maximum atomic E-state index is 12.3. The van der Waals surface area contributed by atoms with Gasteiger partial charge in [0.05, 0.1) is 5.75 Å². The van der Waals surface area contributed by atoms with Crippen molar-refractivity contribution in [1.29, 1.82) is 0 Å². The molecule has 3 aromatic heterocycles. The molecular formula is C18H21N7OS2. The molecule has 8 nitrogen and oxygen atoms in total. The third-order valence-electron chi connectivity index (χ3n) is 4.15. The summed E-state index contributed by atoms with van der Waals surface area (Å²) in [7, 11) is 0. The van der Waals surface area contributed by atoms with Gasteiger partial charge in [0.1, 0.15) is 5.01 Å². The molecule has 0 atom stereocenters. The van der Waals surface area contributed by atoms with E-state index in [-0.39, 0.29) is 11.7 Å². The number of pyridine rings is 1. The molecule has 4 rings (SSSR count). The van der Waals surface area contributed by atoms with Gasteiger partial charge in [-0.25, -0.2) is 0 Å². The largest absolute Gasteiger partial charge is 0.302 e. The molecule has 0 radical (unpaired) electrons. The highest BCUT2D eigenvalue weighted by Gasteiger charge is 2.27. The zero-order chi connectivity index (χ0) is 19.5. The number of amides is 1. The monoisotopic (exact) mass is 415 g/mol. The smallest absolute Gasteiger partial charge is 0.236 e. The van der Waals surface area contributed by atoms with Gasteiger partial charge in [0.15, 0.2) is 11.0 Å². The van der Waals surface area contributed by atoms with Crippen molar-refractivity contribution in [2.45, 2.75) is 44.3 Å². The van der Waals surface area contributed by atoms with Gasteiger partial charge in [-0.2, -0.15) is 0 Å². The van der Waals surface area contributed by atoms with E-state index in [1.165, 1.54) is 35.9 Å². The van der Waals surface area contributed by atoms with Crippen LogP contribution in [0.3, 0.4) is 0 Å². The fourth-order valence-electron chi connectivity index (χ4n) is 2.71. The van der Waals surface area contributed by atoms with Gasteiger partial charge in [0.25, 0.3) is 0 Å². The number of aromatic nitrogens is 6. The molecule has 0 bridgehead atoms. The van der Waals surface area contributed by atoms with Gasteiger partial charge in [-0.05, 0) is 30.9 Å². The molecule has 0 unspecified atom stereocenters. The lowest BCUT2D eigenvalue weighted by Gasteiger charge is -2.12. The van der Waals surface area contributed by atoms with Crippen molar-refractivity contribution in [2.24, 2.45) is 5.92 Å². The summed E-state index contributed by atoms with van der Waals surface area (Å²) in [5, 5.41) is 22.0. The zero-order valence-corrected chi connectivity index (χ0v) is 17.3. The zero-order valence-electron chi connectivity index (χ0n) is 15.7. The van der Waals surface area contributed by atoms with Gasteiger partial charge in [-0.15, -0.1) is 20.4 Å². The van der Waals surface area contributed by atoms with Crippen LogP contribution in [-0.2, 0) is 11.3 Å². The fraction of sp³-hybridized carbons (Fsp3) is 0.444. The Bertz CT molecular complexity index is 950. The Labute approximate surface area is 171 Å². The second kappa shape index (κ2) is 8.36. The van der Waals surface area contributed by atoms with Crippen LogP contribution in [0.1, 0.15) is 37.6 Å². The van der Waals surface area contributed by atoms with E-state index in [0.29, 0.717) is 17.0 Å². The van der Waals surface area contributed by atoms with Gasteiger partial charge < -0.3 is 4.57 Å². The maximum Gasteiger partial charge on any atom is 0.236 e. The predicted molar refractivity (Wildman–Crippen MR) is 109 cm³/mol. The highest BCUT2D eigenvalue weighted by Crippen LogP contribution is 2.42. The first-order valence-corrected chi connectivity index (χ1v) is 11.0. The fourth-order valence-corrected chi connectivity index (χ4v) is 4.38. The number of anilines is 1. The van der Waals surface area contributed by atoms with Crippen molar-refractivity contribution in [3.63, 3.8) is 0 Å². The molecule has 0 spiro atoms. The van der Waals surface area contributed by atoms with Crippen LogP contribution >= 0.6 is 23.1 Å². The van der Waals surface area contributed by atoms with E-state index in [0.717, 1.165) is 28.1 Å². The number of hydrogen-bond acceptors (Lipinski definition) is 8. The topological polar surface area (TPSA) is 98.5 Å². The standard InChI is InChI=1S/C18H21N7OS2/c1-11(2)9-25-15(12-5-7-19-8-6-12)21-24-18(25)27-10-14(26)20-17-23-22-16(28-17)13-3-4-13/h5-8,11,13H,3-4,9-10H2,1-2H3,(H,20,23,26). The summed E-state index contributed by atoms with van der Waals surface area (Å²) in [6, 6.07) is 3.82. The van der Waals surface area contributed by atoms with Crippen LogP contribution in [0.15, 0.2) is 29.7 Å². The summed E-state index contributed by atoms with van der Waals surface area (Å²) in [4.78, 5) is 16.4. The van der Waals surface area contributed by atoms with Crippen LogP contribution < -0.4 is 5.32 Å². The van der Waals surface area contributed by atoms with Crippen LogP contribution in [0.4, 0.5) is 5.13 Å². The highest BCUT2D eigenvalue weighted by atomic mass is 32.2. The molecular weight excluding hydrogens is 394 g/mol. The van der Waals surface area contributed by atoms with E-state index in [2.05, 4.69) is 49.1 Å². The summed E-state index contributed by atoms with van der Waals surface area (Å²) < 4.78 is 2.06. The van der Waals surface area contributed by atoms with Crippen molar-refractivity contribution >= 4 is 34.1 Å². The molecule has 1 fully saturated rings. The molecule has 3 aromatic rings. The number of carbonyl (C=O) groups excluding carboxylic acids is 1. The lowest BCUT2D eigenvalue weighted by molar-refractivity contribution is -0.113. The Morgan fingerprint density at radius 2 is 2.04 bits per heavy atom.